The largest absolute Gasteiger partial charge is 0.361 e. The third kappa shape index (κ3) is 1.64. The first-order valence-corrected chi connectivity index (χ1v) is 4.71. The van der Waals surface area contributed by atoms with Gasteiger partial charge in [-0.1, -0.05) is 0 Å². The van der Waals surface area contributed by atoms with E-state index in [0.29, 0.717) is 6.54 Å². The van der Waals surface area contributed by atoms with Gasteiger partial charge in [0.1, 0.15) is 6.54 Å². The van der Waals surface area contributed by atoms with Crippen LogP contribution in [-0.4, -0.2) is 23.1 Å². The molecule has 2 aromatic rings. The number of imidazole rings is 1. The second kappa shape index (κ2) is 3.62. The highest BCUT2D eigenvalue weighted by Gasteiger charge is 2.03. The van der Waals surface area contributed by atoms with Gasteiger partial charge in [0.25, 0.3) is 0 Å². The molecule has 76 valence electrons. The first-order chi connectivity index (χ1) is 7.22. The van der Waals surface area contributed by atoms with Crippen LogP contribution in [0.2, 0.25) is 0 Å². The molecule has 0 unspecified atom stereocenters. The van der Waals surface area contributed by atoms with Gasteiger partial charge in [-0.25, -0.2) is 4.98 Å². The van der Waals surface area contributed by atoms with Crippen molar-refractivity contribution in [3.05, 3.63) is 24.5 Å². The minimum atomic E-state index is 0.387. The van der Waals surface area contributed by atoms with E-state index in [1.165, 1.54) is 0 Å². The number of benzene rings is 1. The van der Waals surface area contributed by atoms with Gasteiger partial charge < -0.3 is 9.47 Å². The highest BCUT2D eigenvalue weighted by atomic mass is 15.1. The van der Waals surface area contributed by atoms with Crippen LogP contribution >= 0.6 is 0 Å². The van der Waals surface area contributed by atoms with Crippen LogP contribution < -0.4 is 4.90 Å². The smallest absolute Gasteiger partial charge is 0.105 e. The summed E-state index contributed by atoms with van der Waals surface area (Å²) in [5.74, 6) is 0. The molecule has 0 radical (unpaired) electrons. The molecule has 0 aliphatic heterocycles. The van der Waals surface area contributed by atoms with Crippen molar-refractivity contribution in [2.24, 2.45) is 7.05 Å². The highest BCUT2D eigenvalue weighted by Crippen LogP contribution is 2.19. The van der Waals surface area contributed by atoms with Gasteiger partial charge in [0, 0.05) is 19.8 Å². The van der Waals surface area contributed by atoms with E-state index in [1.54, 1.807) is 6.33 Å². The van der Waals surface area contributed by atoms with Crippen molar-refractivity contribution in [1.82, 2.24) is 9.55 Å². The molecule has 0 N–H and O–H groups in total. The Labute approximate surface area is 88.4 Å². The molecule has 1 aromatic carbocycles. The molecule has 0 spiro atoms. The SMILES string of the molecule is CN(CC#N)c1ccc2c(c1)ncn2C. The summed E-state index contributed by atoms with van der Waals surface area (Å²) < 4.78 is 1.98. The lowest BCUT2D eigenvalue weighted by Crippen LogP contribution is -2.16. The second-order valence-corrected chi connectivity index (χ2v) is 3.54. The predicted octanol–water partition coefficient (Wildman–Crippen LogP) is 1.53. The zero-order valence-electron chi connectivity index (χ0n) is 8.81. The van der Waals surface area contributed by atoms with Gasteiger partial charge in [-0.3, -0.25) is 0 Å². The zero-order chi connectivity index (χ0) is 10.8. The van der Waals surface area contributed by atoms with Crippen molar-refractivity contribution in [3.8, 4) is 6.07 Å². The molecule has 1 heterocycles. The van der Waals surface area contributed by atoms with Crippen molar-refractivity contribution in [2.45, 2.75) is 0 Å². The van der Waals surface area contributed by atoms with Crippen molar-refractivity contribution in [1.29, 1.82) is 5.26 Å². The minimum Gasteiger partial charge on any atom is -0.361 e. The van der Waals surface area contributed by atoms with Crippen LogP contribution in [0.3, 0.4) is 0 Å². The molecule has 0 atom stereocenters. The Morgan fingerprint density at radius 3 is 3.07 bits per heavy atom. The minimum absolute atomic E-state index is 0.387. The molecule has 4 heteroatoms. The number of fused-ring (bicyclic) bond motifs is 1. The summed E-state index contributed by atoms with van der Waals surface area (Å²) in [4.78, 5) is 6.17. The maximum absolute atomic E-state index is 8.60. The van der Waals surface area contributed by atoms with Crippen LogP contribution in [0.1, 0.15) is 0 Å². The third-order valence-corrected chi connectivity index (χ3v) is 2.46. The number of hydrogen-bond donors (Lipinski definition) is 0. The van der Waals surface area contributed by atoms with E-state index in [9.17, 15) is 0 Å². The molecule has 2 rings (SSSR count). The highest BCUT2D eigenvalue weighted by molar-refractivity contribution is 5.79. The summed E-state index contributed by atoms with van der Waals surface area (Å²) >= 11 is 0. The van der Waals surface area contributed by atoms with Gasteiger partial charge in [-0.2, -0.15) is 5.26 Å². The fourth-order valence-electron chi connectivity index (χ4n) is 1.56. The van der Waals surface area contributed by atoms with E-state index >= 15 is 0 Å². The maximum Gasteiger partial charge on any atom is 0.105 e. The summed E-state index contributed by atoms with van der Waals surface area (Å²) in [6.45, 7) is 0.387. The van der Waals surface area contributed by atoms with Gasteiger partial charge in [0.15, 0.2) is 0 Å². The summed E-state index contributed by atoms with van der Waals surface area (Å²) in [6, 6.07) is 8.13. The van der Waals surface area contributed by atoms with Crippen molar-refractivity contribution >= 4 is 16.7 Å². The van der Waals surface area contributed by atoms with Gasteiger partial charge in [0.2, 0.25) is 0 Å². The van der Waals surface area contributed by atoms with Crippen molar-refractivity contribution < 1.29 is 0 Å². The van der Waals surface area contributed by atoms with Gasteiger partial charge in [-0.15, -0.1) is 0 Å². The number of nitrogens with zero attached hydrogens (tertiary/aromatic N) is 4. The van der Waals surface area contributed by atoms with E-state index in [-0.39, 0.29) is 0 Å². The van der Waals surface area contributed by atoms with Crippen LogP contribution in [0, 0.1) is 11.3 Å². The Bertz CT molecular complexity index is 521. The number of rotatable bonds is 2. The summed E-state index contributed by atoms with van der Waals surface area (Å²) in [5, 5.41) is 8.60. The molecule has 4 nitrogen and oxygen atoms in total. The summed E-state index contributed by atoms with van der Waals surface area (Å²) in [5.41, 5.74) is 3.08. The Kier molecular flexibility index (Phi) is 2.30. The van der Waals surface area contributed by atoms with Gasteiger partial charge in [0.05, 0.1) is 23.4 Å². The van der Waals surface area contributed by atoms with Gasteiger partial charge >= 0.3 is 0 Å². The lowest BCUT2D eigenvalue weighted by molar-refractivity contribution is 0.947. The Morgan fingerprint density at radius 1 is 1.53 bits per heavy atom. The average Bonchev–Trinajstić information content (AvgIpc) is 2.60. The van der Waals surface area contributed by atoms with Crippen LogP contribution in [-0.2, 0) is 7.05 Å². The molecule has 0 fully saturated rings. The fraction of sp³-hybridized carbons (Fsp3) is 0.273. The zero-order valence-corrected chi connectivity index (χ0v) is 8.81. The molecule has 0 saturated heterocycles. The number of nitriles is 1. The topological polar surface area (TPSA) is 44.9 Å². The number of anilines is 1. The van der Waals surface area contributed by atoms with E-state index in [4.69, 9.17) is 5.26 Å². The molecule has 0 bridgehead atoms. The quantitative estimate of drug-likeness (QED) is 0.690. The molecule has 15 heavy (non-hydrogen) atoms. The summed E-state index contributed by atoms with van der Waals surface area (Å²) in [7, 11) is 3.86. The van der Waals surface area contributed by atoms with Crippen LogP contribution in [0.25, 0.3) is 11.0 Å². The monoisotopic (exact) mass is 200 g/mol. The predicted molar refractivity (Wildman–Crippen MR) is 59.6 cm³/mol. The molecular weight excluding hydrogens is 188 g/mol. The van der Waals surface area contributed by atoms with Crippen LogP contribution in [0.15, 0.2) is 24.5 Å². The molecule has 0 aliphatic rings. The molecule has 0 amide bonds. The lowest BCUT2D eigenvalue weighted by Gasteiger charge is -2.14. The Morgan fingerprint density at radius 2 is 2.33 bits per heavy atom. The van der Waals surface area contributed by atoms with Crippen LogP contribution in [0.4, 0.5) is 5.69 Å². The van der Waals surface area contributed by atoms with Crippen molar-refractivity contribution in [3.63, 3.8) is 0 Å². The average molecular weight is 200 g/mol. The standard InChI is InChI=1S/C11H12N4/c1-14(6-5-12)9-3-4-11-10(7-9)13-8-15(11)2/h3-4,7-8H,6H2,1-2H3. The fourth-order valence-corrected chi connectivity index (χ4v) is 1.56. The van der Waals surface area contributed by atoms with E-state index < -0.39 is 0 Å². The molecular formula is C11H12N4. The van der Waals surface area contributed by atoms with Crippen LogP contribution in [0.5, 0.6) is 0 Å². The number of aromatic nitrogens is 2. The van der Waals surface area contributed by atoms with E-state index in [0.717, 1.165) is 16.7 Å². The van der Waals surface area contributed by atoms with Crippen molar-refractivity contribution in [2.75, 3.05) is 18.5 Å². The number of aryl methyl sites for hydroxylation is 1. The normalized spacial score (nSPS) is 10.2. The molecule has 1 aromatic heterocycles. The van der Waals surface area contributed by atoms with E-state index in [1.807, 2.05) is 41.8 Å². The Balaban J connectivity index is 2.44. The molecule has 0 saturated carbocycles. The number of hydrogen-bond acceptors (Lipinski definition) is 3. The maximum atomic E-state index is 8.60. The molecule has 0 aliphatic carbocycles. The van der Waals surface area contributed by atoms with E-state index in [2.05, 4.69) is 11.1 Å². The first-order valence-electron chi connectivity index (χ1n) is 4.71. The van der Waals surface area contributed by atoms with Gasteiger partial charge in [-0.05, 0) is 18.2 Å². The summed E-state index contributed by atoms with van der Waals surface area (Å²) in [6.07, 6.45) is 1.79. The lowest BCUT2D eigenvalue weighted by atomic mass is 10.2. The first kappa shape index (κ1) is 9.53. The Hall–Kier alpha value is -2.02. The third-order valence-electron chi connectivity index (χ3n) is 2.46. The second-order valence-electron chi connectivity index (χ2n) is 3.54.